The zero-order chi connectivity index (χ0) is 37.0. The second-order valence-corrected chi connectivity index (χ2v) is 14.2. The Labute approximate surface area is 299 Å². The van der Waals surface area contributed by atoms with Gasteiger partial charge in [-0.15, -0.1) is 0 Å². The number of carbonyl (C=O) groups excluding carboxylic acids is 4. The number of nitrogens with one attached hydrogen (secondary N) is 4. The lowest BCUT2D eigenvalue weighted by atomic mass is 9.98. The van der Waals surface area contributed by atoms with Crippen molar-refractivity contribution in [1.82, 2.24) is 30.6 Å². The largest absolute Gasteiger partial charge is 0.453 e. The number of H-pyrrole nitrogens is 2. The van der Waals surface area contributed by atoms with Crippen molar-refractivity contribution in [3.63, 3.8) is 0 Å². The maximum absolute atomic E-state index is 16.0. The molecule has 0 aliphatic heterocycles. The molecule has 6 rings (SSSR count). The molecule has 2 heterocycles. The summed E-state index contributed by atoms with van der Waals surface area (Å²) in [6, 6.07) is 14.3. The number of rotatable bonds is 11. The van der Waals surface area contributed by atoms with Crippen molar-refractivity contribution in [2.45, 2.75) is 31.7 Å². The maximum atomic E-state index is 16.0. The topological polar surface area (TPSA) is 168 Å². The summed E-state index contributed by atoms with van der Waals surface area (Å²) in [5.74, 6) is 2.56. The molecule has 5 aromatic rings. The molecule has 266 valence electrons. The summed E-state index contributed by atoms with van der Waals surface area (Å²) in [5.41, 5.74) is 4.62. The van der Waals surface area contributed by atoms with E-state index in [4.69, 9.17) is 0 Å². The predicted octanol–water partition coefficient (Wildman–Crippen LogP) is 5.01. The second-order valence-electron chi connectivity index (χ2n) is 11.7. The lowest BCUT2D eigenvalue weighted by Crippen LogP contribution is -2.37. The summed E-state index contributed by atoms with van der Waals surface area (Å²) < 4.78 is 41.0. The van der Waals surface area contributed by atoms with Crippen LogP contribution in [-0.2, 0) is 25.0 Å². The van der Waals surface area contributed by atoms with E-state index in [1.54, 1.807) is 49.4 Å². The normalized spacial score (nSPS) is 13.4. The lowest BCUT2D eigenvalue weighted by Gasteiger charge is -2.13. The van der Waals surface area contributed by atoms with E-state index < -0.39 is 24.2 Å². The van der Waals surface area contributed by atoms with E-state index in [2.05, 4.69) is 51.9 Å². The molecule has 0 fully saturated rings. The average molecular weight is 745 g/mol. The highest BCUT2D eigenvalue weighted by Crippen LogP contribution is 2.52. The van der Waals surface area contributed by atoms with Gasteiger partial charge in [-0.3, -0.25) is 9.59 Å². The molecular formula is C36H32F2N6O6P2. The number of benzene rings is 3. The number of ether oxygens (including phenoxy) is 2. The minimum Gasteiger partial charge on any atom is -0.453 e. The predicted molar refractivity (Wildman–Crippen MR) is 195 cm³/mol. The van der Waals surface area contributed by atoms with Gasteiger partial charge in [0.25, 0.3) is 5.92 Å². The van der Waals surface area contributed by atoms with Crippen LogP contribution >= 0.6 is 17.2 Å². The van der Waals surface area contributed by atoms with Crippen molar-refractivity contribution in [2.24, 2.45) is 0 Å². The van der Waals surface area contributed by atoms with Crippen molar-refractivity contribution in [3.05, 3.63) is 83.2 Å². The van der Waals surface area contributed by atoms with Gasteiger partial charge in [0.05, 0.1) is 37.5 Å². The number of hydrogen-bond donors (Lipinski definition) is 4. The van der Waals surface area contributed by atoms with Crippen molar-refractivity contribution >= 4 is 62.6 Å². The Morgan fingerprint density at radius 1 is 0.885 bits per heavy atom. The first kappa shape index (κ1) is 36.3. The fraction of sp³-hybridized carbons (Fsp3) is 0.222. The molecule has 0 spiro atoms. The number of methoxy groups -OCH3 is 2. The van der Waals surface area contributed by atoms with Gasteiger partial charge in [0.2, 0.25) is 0 Å². The van der Waals surface area contributed by atoms with Crippen LogP contribution in [0, 0.1) is 11.8 Å². The number of nitrogens with zero attached hydrogens (tertiary/aromatic N) is 2. The molecule has 52 heavy (non-hydrogen) atoms. The Bertz CT molecular complexity index is 2280. The van der Waals surface area contributed by atoms with Crippen LogP contribution in [0.3, 0.4) is 0 Å². The van der Waals surface area contributed by atoms with Crippen LogP contribution in [0.15, 0.2) is 60.8 Å². The van der Waals surface area contributed by atoms with E-state index in [-0.39, 0.29) is 45.8 Å². The highest BCUT2D eigenvalue weighted by Gasteiger charge is 2.44. The number of fused-ring (bicyclic) bond motifs is 4. The summed E-state index contributed by atoms with van der Waals surface area (Å²) >= 11 is 0. The van der Waals surface area contributed by atoms with E-state index >= 15 is 8.78 Å². The molecule has 0 radical (unpaired) electrons. The molecule has 0 saturated carbocycles. The third-order valence-electron chi connectivity index (χ3n) is 8.19. The van der Waals surface area contributed by atoms with Crippen LogP contribution in [0.1, 0.15) is 42.1 Å². The molecule has 0 bridgehead atoms. The van der Waals surface area contributed by atoms with Crippen LogP contribution in [0.4, 0.5) is 18.4 Å². The van der Waals surface area contributed by atoms with Crippen LogP contribution in [-0.4, -0.2) is 70.0 Å². The van der Waals surface area contributed by atoms with E-state index in [1.165, 1.54) is 32.5 Å². The number of imidazole rings is 2. The standard InChI is InChI=1S/C36H32F2N6O6P2/c1-19(41-35(48)50-3)31(46)52-33-43-28-13-9-22(17-29(28)44-33)21-8-12-25-24-11-7-20(15-26(24)36(37,38)27(25)16-21)6-10-23-18-40-32(42-23)51-30(45)5-4-14-39-34(47)49-2/h7-9,11-13,15-19,51-52H,4-5,14H2,1-3H3,(H,39,47)(H,40,42)(H,41,48)(H,43,44). The SMILES string of the molecule is COC(=O)NCCCC(=O)Pc1ncc(C#Cc2ccc3c(c2)C(F)(F)c2cc(-c4ccc5nc(PC(=O)C(C)NC(=O)OC)[nH]c5c4)ccc2-3)[nH]1. The van der Waals surface area contributed by atoms with Crippen LogP contribution in [0.2, 0.25) is 0 Å². The number of carbonyl (C=O) groups is 4. The molecule has 1 aliphatic carbocycles. The van der Waals surface area contributed by atoms with E-state index in [9.17, 15) is 19.2 Å². The second kappa shape index (κ2) is 15.4. The van der Waals surface area contributed by atoms with Gasteiger partial charge in [-0.05, 0) is 71.9 Å². The molecule has 3 aromatic carbocycles. The Morgan fingerprint density at radius 2 is 1.60 bits per heavy atom. The third-order valence-corrected chi connectivity index (χ3v) is 10.4. The summed E-state index contributed by atoms with van der Waals surface area (Å²) in [4.78, 5) is 62.3. The Hall–Kier alpha value is -5.50. The number of alkyl halides is 2. The minimum absolute atomic E-state index is 0.0359. The van der Waals surface area contributed by atoms with Gasteiger partial charge in [-0.2, -0.15) is 8.78 Å². The third kappa shape index (κ3) is 8.01. The van der Waals surface area contributed by atoms with E-state index in [0.29, 0.717) is 68.6 Å². The zero-order valence-electron chi connectivity index (χ0n) is 28.1. The molecule has 1 aliphatic rings. The molecule has 3 atom stereocenters. The van der Waals surface area contributed by atoms with Gasteiger partial charge in [-0.1, -0.05) is 30.2 Å². The van der Waals surface area contributed by atoms with Crippen molar-refractivity contribution < 1.29 is 37.4 Å². The van der Waals surface area contributed by atoms with Crippen LogP contribution in [0.25, 0.3) is 33.3 Å². The lowest BCUT2D eigenvalue weighted by molar-refractivity contribution is -0.112. The van der Waals surface area contributed by atoms with Gasteiger partial charge >= 0.3 is 12.2 Å². The number of alkyl carbamates (subject to hydrolysis) is 2. The first-order chi connectivity index (χ1) is 24.9. The van der Waals surface area contributed by atoms with E-state index in [1.807, 2.05) is 0 Å². The minimum atomic E-state index is -3.27. The highest BCUT2D eigenvalue weighted by atomic mass is 31.1. The molecule has 0 saturated heterocycles. The number of halogens is 2. The molecule has 16 heteroatoms. The van der Waals surface area contributed by atoms with Gasteiger partial charge in [0, 0.05) is 46.8 Å². The van der Waals surface area contributed by atoms with E-state index in [0.717, 1.165) is 0 Å². The van der Waals surface area contributed by atoms with Crippen LogP contribution in [0.5, 0.6) is 0 Å². The Morgan fingerprint density at radius 3 is 2.37 bits per heavy atom. The summed E-state index contributed by atoms with van der Waals surface area (Å²) in [6.45, 7) is 1.88. The summed E-state index contributed by atoms with van der Waals surface area (Å²) in [6.07, 6.45) is 0.969. The maximum Gasteiger partial charge on any atom is 0.407 e. The van der Waals surface area contributed by atoms with Gasteiger partial charge < -0.3 is 30.1 Å². The summed E-state index contributed by atoms with van der Waals surface area (Å²) in [5, 5.41) is 4.96. The molecule has 4 N–H and O–H groups in total. The van der Waals surface area contributed by atoms with Gasteiger partial charge in [0.15, 0.2) is 11.0 Å². The van der Waals surface area contributed by atoms with Crippen LogP contribution < -0.4 is 21.8 Å². The fourth-order valence-electron chi connectivity index (χ4n) is 5.55. The number of hydrogen-bond acceptors (Lipinski definition) is 8. The molecule has 3 unspecified atom stereocenters. The number of aromatic nitrogens is 4. The van der Waals surface area contributed by atoms with Crippen molar-refractivity contribution in [1.29, 1.82) is 0 Å². The first-order valence-electron chi connectivity index (χ1n) is 16.0. The smallest absolute Gasteiger partial charge is 0.407 e. The fourth-order valence-corrected chi connectivity index (χ4v) is 7.34. The zero-order valence-corrected chi connectivity index (χ0v) is 30.1. The summed E-state index contributed by atoms with van der Waals surface area (Å²) in [7, 11) is 1.93. The van der Waals surface area contributed by atoms with Gasteiger partial charge in [-0.25, -0.2) is 19.6 Å². The molecule has 2 amide bonds. The molecule has 2 aromatic heterocycles. The van der Waals surface area contributed by atoms with Gasteiger partial charge in [0.1, 0.15) is 16.8 Å². The quantitative estimate of drug-likeness (QED) is 0.0832. The van der Waals surface area contributed by atoms with Crippen molar-refractivity contribution in [3.8, 4) is 34.1 Å². The monoisotopic (exact) mass is 744 g/mol. The molecular weight excluding hydrogens is 712 g/mol. The Kier molecular flexibility index (Phi) is 10.7. The van der Waals surface area contributed by atoms with Crippen molar-refractivity contribution in [2.75, 3.05) is 20.8 Å². The number of aromatic amines is 2. The number of amides is 2. The molecule has 12 nitrogen and oxygen atoms in total. The highest BCUT2D eigenvalue weighted by molar-refractivity contribution is 7.65. The average Bonchev–Trinajstić information content (AvgIpc) is 3.82. The Balaban J connectivity index is 1.13. The first-order valence-corrected chi connectivity index (χ1v) is 18.0.